The molecule has 0 heterocycles. The second-order valence-electron chi connectivity index (χ2n) is 4.25. The van der Waals surface area contributed by atoms with Crippen molar-refractivity contribution in [3.05, 3.63) is 63.7 Å². The molecule has 0 spiro atoms. The molecule has 1 N–H and O–H groups in total. The van der Waals surface area contributed by atoms with E-state index in [1.54, 1.807) is 6.07 Å². The number of non-ortho nitro benzene ring substituents is 1. The van der Waals surface area contributed by atoms with E-state index >= 15 is 0 Å². The van der Waals surface area contributed by atoms with Crippen molar-refractivity contribution in [2.45, 2.75) is 6.54 Å². The van der Waals surface area contributed by atoms with Gasteiger partial charge in [0, 0.05) is 12.6 Å². The van der Waals surface area contributed by atoms with Crippen LogP contribution in [-0.4, -0.2) is 12.0 Å². The van der Waals surface area contributed by atoms with Gasteiger partial charge in [0.1, 0.15) is 23.1 Å². The zero-order chi connectivity index (χ0) is 15.4. The van der Waals surface area contributed by atoms with Crippen LogP contribution in [0.2, 0.25) is 0 Å². The topological polar surface area (TPSA) is 64.4 Å². The molecule has 0 aliphatic carbocycles. The van der Waals surface area contributed by atoms with Crippen molar-refractivity contribution in [1.29, 1.82) is 0 Å². The van der Waals surface area contributed by atoms with Crippen molar-refractivity contribution < 1.29 is 18.4 Å². The molecule has 0 radical (unpaired) electrons. The molecule has 0 amide bonds. The van der Waals surface area contributed by atoms with Crippen molar-refractivity contribution in [2.75, 3.05) is 12.4 Å². The highest BCUT2D eigenvalue weighted by Crippen LogP contribution is 2.24. The lowest BCUT2D eigenvalue weighted by Crippen LogP contribution is -2.04. The highest BCUT2D eigenvalue weighted by Gasteiger charge is 2.12. The predicted octanol–water partition coefficient (Wildman–Crippen LogP) is 3.49. The van der Waals surface area contributed by atoms with Crippen molar-refractivity contribution in [3.63, 3.8) is 0 Å². The second kappa shape index (κ2) is 6.17. The molecule has 0 fully saturated rings. The summed E-state index contributed by atoms with van der Waals surface area (Å²) in [6.07, 6.45) is 0. The first-order valence-corrected chi connectivity index (χ1v) is 6.01. The summed E-state index contributed by atoms with van der Waals surface area (Å²) in [6, 6.07) is 7.64. The van der Waals surface area contributed by atoms with Crippen molar-refractivity contribution >= 4 is 11.4 Å². The van der Waals surface area contributed by atoms with Gasteiger partial charge in [-0.05, 0) is 23.8 Å². The fraction of sp³-hybridized carbons (Fsp3) is 0.143. The van der Waals surface area contributed by atoms with Crippen molar-refractivity contribution in [2.24, 2.45) is 0 Å². The van der Waals surface area contributed by atoms with E-state index in [4.69, 9.17) is 4.74 Å². The van der Waals surface area contributed by atoms with Gasteiger partial charge in [0.15, 0.2) is 0 Å². The normalized spacial score (nSPS) is 10.2. The number of nitro benzene ring substituents is 1. The molecule has 0 unspecified atom stereocenters. The average Bonchev–Trinajstić information content (AvgIpc) is 2.46. The van der Waals surface area contributed by atoms with Crippen LogP contribution in [0.3, 0.4) is 0 Å². The van der Waals surface area contributed by atoms with Crippen LogP contribution in [0.4, 0.5) is 20.2 Å². The van der Waals surface area contributed by atoms with Gasteiger partial charge in [-0.2, -0.15) is 0 Å². The summed E-state index contributed by atoms with van der Waals surface area (Å²) in [7, 11) is 1.38. The minimum Gasteiger partial charge on any atom is -0.496 e. The third kappa shape index (κ3) is 3.44. The largest absolute Gasteiger partial charge is 0.496 e. The molecule has 7 heteroatoms. The molecular formula is C14H12F2N2O3. The van der Waals surface area contributed by atoms with Gasteiger partial charge in [0.25, 0.3) is 5.69 Å². The van der Waals surface area contributed by atoms with E-state index in [1.807, 2.05) is 0 Å². The molecular weight excluding hydrogens is 282 g/mol. The molecule has 0 saturated carbocycles. The van der Waals surface area contributed by atoms with Crippen LogP contribution in [0.15, 0.2) is 36.4 Å². The average molecular weight is 294 g/mol. The van der Waals surface area contributed by atoms with Crippen LogP contribution < -0.4 is 10.1 Å². The van der Waals surface area contributed by atoms with Gasteiger partial charge in [-0.25, -0.2) is 8.78 Å². The van der Waals surface area contributed by atoms with Gasteiger partial charge in [0.2, 0.25) is 0 Å². The summed E-state index contributed by atoms with van der Waals surface area (Å²) in [5, 5.41) is 13.4. The lowest BCUT2D eigenvalue weighted by atomic mass is 10.1. The number of para-hydroxylation sites is 1. The number of halogens is 2. The van der Waals surface area contributed by atoms with Gasteiger partial charge < -0.3 is 10.1 Å². The Labute approximate surface area is 119 Å². The van der Waals surface area contributed by atoms with Gasteiger partial charge >= 0.3 is 0 Å². The highest BCUT2D eigenvalue weighted by atomic mass is 19.1. The van der Waals surface area contributed by atoms with E-state index in [2.05, 4.69) is 5.32 Å². The van der Waals surface area contributed by atoms with Gasteiger partial charge in [-0.3, -0.25) is 10.1 Å². The summed E-state index contributed by atoms with van der Waals surface area (Å²) in [5.41, 5.74) is 0.0480. The van der Waals surface area contributed by atoms with Gasteiger partial charge in [-0.15, -0.1) is 0 Å². The molecule has 2 rings (SSSR count). The molecule has 21 heavy (non-hydrogen) atoms. The number of methoxy groups -OCH3 is 1. The number of nitro groups is 1. The Hall–Kier alpha value is -2.70. The first-order valence-electron chi connectivity index (χ1n) is 6.01. The maximum atomic E-state index is 13.5. The van der Waals surface area contributed by atoms with Crippen LogP contribution >= 0.6 is 0 Å². The predicted molar refractivity (Wildman–Crippen MR) is 73.3 cm³/mol. The van der Waals surface area contributed by atoms with Crippen LogP contribution in [0.25, 0.3) is 0 Å². The number of ether oxygens (including phenoxy) is 1. The number of hydrogen-bond acceptors (Lipinski definition) is 4. The molecule has 0 aliphatic rings. The number of rotatable bonds is 5. The number of benzene rings is 2. The minimum atomic E-state index is -0.729. The van der Waals surface area contributed by atoms with E-state index in [9.17, 15) is 18.9 Å². The third-order valence-electron chi connectivity index (χ3n) is 2.83. The fourth-order valence-corrected chi connectivity index (χ4v) is 1.83. The molecule has 0 aromatic heterocycles. The van der Waals surface area contributed by atoms with Crippen LogP contribution in [0.5, 0.6) is 5.75 Å². The summed E-state index contributed by atoms with van der Waals surface area (Å²) in [4.78, 5) is 10.3. The van der Waals surface area contributed by atoms with Gasteiger partial charge in [-0.1, -0.05) is 6.07 Å². The molecule has 2 aromatic rings. The fourth-order valence-electron chi connectivity index (χ4n) is 1.83. The summed E-state index contributed by atoms with van der Waals surface area (Å²) in [5.74, 6) is -1.16. The smallest absolute Gasteiger partial charge is 0.273 e. The molecule has 5 nitrogen and oxygen atoms in total. The van der Waals surface area contributed by atoms with Gasteiger partial charge in [0.05, 0.1) is 18.1 Å². The Morgan fingerprint density at radius 3 is 2.48 bits per heavy atom. The third-order valence-corrected chi connectivity index (χ3v) is 2.83. The van der Waals surface area contributed by atoms with E-state index < -0.39 is 16.6 Å². The van der Waals surface area contributed by atoms with Crippen LogP contribution in [0, 0.1) is 21.7 Å². The zero-order valence-corrected chi connectivity index (χ0v) is 11.1. The number of nitrogens with one attached hydrogen (secondary N) is 1. The summed E-state index contributed by atoms with van der Waals surface area (Å²) < 4.78 is 31.9. The quantitative estimate of drug-likeness (QED) is 0.677. The molecule has 2 aromatic carbocycles. The van der Waals surface area contributed by atoms with E-state index in [-0.39, 0.29) is 17.9 Å². The summed E-state index contributed by atoms with van der Waals surface area (Å²) in [6.45, 7) is 0.0237. The SMILES string of the molecule is COc1cc(CNc2c(F)cccc2F)cc([N+](=O)[O-])c1. The molecule has 0 bridgehead atoms. The Morgan fingerprint density at radius 1 is 1.24 bits per heavy atom. The Bertz CT molecular complexity index is 657. The highest BCUT2D eigenvalue weighted by molar-refractivity contribution is 5.48. The first kappa shape index (κ1) is 14.7. The second-order valence-corrected chi connectivity index (χ2v) is 4.25. The number of nitrogens with zero attached hydrogens (tertiary/aromatic N) is 1. The Balaban J connectivity index is 2.23. The standard InChI is InChI=1S/C14H12F2N2O3/c1-21-11-6-9(5-10(7-11)18(19)20)8-17-14-12(15)3-2-4-13(14)16/h2-7,17H,8H2,1H3. The molecule has 0 aliphatic heterocycles. The zero-order valence-electron chi connectivity index (χ0n) is 11.1. The molecule has 110 valence electrons. The summed E-state index contributed by atoms with van der Waals surface area (Å²) >= 11 is 0. The Kier molecular flexibility index (Phi) is 4.32. The van der Waals surface area contributed by atoms with Crippen LogP contribution in [-0.2, 0) is 6.54 Å². The van der Waals surface area contributed by atoms with E-state index in [0.717, 1.165) is 12.1 Å². The number of anilines is 1. The molecule has 0 saturated heterocycles. The van der Waals surface area contributed by atoms with Crippen LogP contribution in [0.1, 0.15) is 5.56 Å². The van der Waals surface area contributed by atoms with E-state index in [0.29, 0.717) is 11.3 Å². The first-order chi connectivity index (χ1) is 10.0. The van der Waals surface area contributed by atoms with E-state index in [1.165, 1.54) is 25.3 Å². The molecule has 0 atom stereocenters. The Morgan fingerprint density at radius 2 is 1.90 bits per heavy atom. The van der Waals surface area contributed by atoms with Crippen molar-refractivity contribution in [1.82, 2.24) is 0 Å². The lowest BCUT2D eigenvalue weighted by Gasteiger charge is -2.09. The minimum absolute atomic E-state index is 0.0237. The van der Waals surface area contributed by atoms with Crippen molar-refractivity contribution in [3.8, 4) is 5.75 Å². The maximum Gasteiger partial charge on any atom is 0.273 e. The monoisotopic (exact) mass is 294 g/mol. The lowest BCUT2D eigenvalue weighted by molar-refractivity contribution is -0.385. The number of hydrogen-bond donors (Lipinski definition) is 1. The maximum absolute atomic E-state index is 13.5.